The topological polar surface area (TPSA) is 67.3 Å². The third kappa shape index (κ3) is 3.04. The Morgan fingerprint density at radius 3 is 2.67 bits per heavy atom. The Kier molecular flexibility index (Phi) is 4.03. The maximum Gasteiger partial charge on any atom is 0.181 e. The summed E-state index contributed by atoms with van der Waals surface area (Å²) in [6.07, 6.45) is 3.21. The molecule has 0 aliphatic carbocycles. The van der Waals surface area contributed by atoms with Crippen LogP contribution in [-0.2, 0) is 5.75 Å². The summed E-state index contributed by atoms with van der Waals surface area (Å²) < 4.78 is 0. The molecular formula is C21H15N5S. The van der Waals surface area contributed by atoms with Crippen molar-refractivity contribution in [3.8, 4) is 11.3 Å². The van der Waals surface area contributed by atoms with Crippen LogP contribution in [0.3, 0.4) is 0 Å². The first-order chi connectivity index (χ1) is 13.4. The highest BCUT2D eigenvalue weighted by atomic mass is 32.2. The van der Waals surface area contributed by atoms with Gasteiger partial charge in [-0.05, 0) is 17.7 Å². The minimum Gasteiger partial charge on any atom is -0.341 e. The first-order valence-electron chi connectivity index (χ1n) is 8.59. The number of imidazole rings is 1. The van der Waals surface area contributed by atoms with Crippen molar-refractivity contribution < 1.29 is 0 Å². The van der Waals surface area contributed by atoms with E-state index in [0.717, 1.165) is 38.5 Å². The molecule has 0 atom stereocenters. The molecule has 5 nitrogen and oxygen atoms in total. The second-order valence-electron chi connectivity index (χ2n) is 6.12. The van der Waals surface area contributed by atoms with Crippen LogP contribution >= 0.6 is 11.8 Å². The van der Waals surface area contributed by atoms with Crippen LogP contribution in [0, 0.1) is 0 Å². The second-order valence-corrected chi connectivity index (χ2v) is 7.09. The Labute approximate surface area is 159 Å². The summed E-state index contributed by atoms with van der Waals surface area (Å²) in [5, 5.41) is 2.03. The second kappa shape index (κ2) is 6.81. The summed E-state index contributed by atoms with van der Waals surface area (Å²) in [7, 11) is 0. The van der Waals surface area contributed by atoms with Crippen molar-refractivity contribution >= 4 is 33.8 Å². The number of aromatic nitrogens is 5. The van der Waals surface area contributed by atoms with Gasteiger partial charge < -0.3 is 4.98 Å². The van der Waals surface area contributed by atoms with Crippen LogP contribution in [0.15, 0.2) is 78.3 Å². The number of rotatable bonds is 4. The van der Waals surface area contributed by atoms with Crippen LogP contribution in [0.5, 0.6) is 0 Å². The molecule has 5 rings (SSSR count). The molecule has 0 saturated heterocycles. The van der Waals surface area contributed by atoms with Gasteiger partial charge in [0.05, 0.1) is 17.5 Å². The van der Waals surface area contributed by atoms with E-state index < -0.39 is 0 Å². The number of nitrogens with zero attached hydrogens (tertiary/aromatic N) is 4. The van der Waals surface area contributed by atoms with Crippen LogP contribution in [-0.4, -0.2) is 24.9 Å². The molecule has 0 amide bonds. The van der Waals surface area contributed by atoms with E-state index in [0.29, 0.717) is 5.65 Å². The van der Waals surface area contributed by atoms with Crippen LogP contribution in [0.2, 0.25) is 0 Å². The predicted molar refractivity (Wildman–Crippen MR) is 108 cm³/mol. The van der Waals surface area contributed by atoms with Crippen molar-refractivity contribution in [2.24, 2.45) is 0 Å². The van der Waals surface area contributed by atoms with Crippen molar-refractivity contribution in [3.63, 3.8) is 0 Å². The first kappa shape index (κ1) is 16.0. The molecule has 0 aliphatic heterocycles. The fraction of sp³-hybridized carbons (Fsp3) is 0.0476. The third-order valence-electron chi connectivity index (χ3n) is 4.40. The molecule has 2 aromatic carbocycles. The molecule has 0 unspecified atom stereocenters. The summed E-state index contributed by atoms with van der Waals surface area (Å²) in [5.74, 6) is 0.757. The molecule has 5 aromatic rings. The van der Waals surface area contributed by atoms with E-state index in [4.69, 9.17) is 4.98 Å². The van der Waals surface area contributed by atoms with Gasteiger partial charge in [-0.2, -0.15) is 0 Å². The predicted octanol–water partition coefficient (Wildman–Crippen LogP) is 4.86. The zero-order valence-electron chi connectivity index (χ0n) is 14.3. The summed E-state index contributed by atoms with van der Waals surface area (Å²) in [4.78, 5) is 20.9. The number of nitrogens with one attached hydrogen (secondary N) is 1. The molecule has 27 heavy (non-hydrogen) atoms. The van der Waals surface area contributed by atoms with Gasteiger partial charge in [-0.1, -0.05) is 60.3 Å². The number of hydrogen-bond acceptors (Lipinski definition) is 5. The molecule has 3 heterocycles. The maximum atomic E-state index is 4.94. The minimum atomic E-state index is 0.687. The standard InChI is InChI=1S/C21H15N5S/c1-2-6-14(7-3-1)18-16(10-15-8-4-5-9-17(15)26-18)11-27-21-19-20(23-12-22-19)24-13-25-21/h1-10,12-13H,11H2,(H,22,23,24,25). The molecule has 1 N–H and O–H groups in total. The van der Waals surface area contributed by atoms with E-state index in [9.17, 15) is 0 Å². The molecule has 0 bridgehead atoms. The molecule has 0 radical (unpaired) electrons. The Morgan fingerprint density at radius 1 is 0.889 bits per heavy atom. The van der Waals surface area contributed by atoms with Crippen molar-refractivity contribution in [2.75, 3.05) is 0 Å². The zero-order valence-corrected chi connectivity index (χ0v) is 15.1. The lowest BCUT2D eigenvalue weighted by Gasteiger charge is -2.11. The smallest absolute Gasteiger partial charge is 0.181 e. The van der Waals surface area contributed by atoms with Gasteiger partial charge in [-0.25, -0.2) is 19.9 Å². The lowest BCUT2D eigenvalue weighted by atomic mass is 10.0. The lowest BCUT2D eigenvalue weighted by molar-refractivity contribution is 1.08. The molecule has 0 saturated carbocycles. The van der Waals surface area contributed by atoms with Gasteiger partial charge in [0.15, 0.2) is 5.65 Å². The first-order valence-corrected chi connectivity index (χ1v) is 9.58. The SMILES string of the molecule is c1ccc(-c2nc3ccccc3cc2CSc2ncnc3nc[nH]c23)cc1. The van der Waals surface area contributed by atoms with Gasteiger partial charge in [-0.15, -0.1) is 0 Å². The van der Waals surface area contributed by atoms with E-state index in [1.165, 1.54) is 5.56 Å². The Balaban J connectivity index is 1.58. The Hall–Kier alpha value is -3.25. The van der Waals surface area contributed by atoms with E-state index in [-0.39, 0.29) is 0 Å². The fourth-order valence-electron chi connectivity index (χ4n) is 3.11. The van der Waals surface area contributed by atoms with E-state index >= 15 is 0 Å². The number of H-pyrrole nitrogens is 1. The Morgan fingerprint density at radius 2 is 1.74 bits per heavy atom. The highest BCUT2D eigenvalue weighted by Gasteiger charge is 2.12. The van der Waals surface area contributed by atoms with Crippen LogP contribution < -0.4 is 0 Å². The highest BCUT2D eigenvalue weighted by Crippen LogP contribution is 2.32. The summed E-state index contributed by atoms with van der Waals surface area (Å²) in [6.45, 7) is 0. The van der Waals surface area contributed by atoms with Crippen molar-refractivity contribution in [2.45, 2.75) is 10.8 Å². The van der Waals surface area contributed by atoms with Crippen molar-refractivity contribution in [1.82, 2.24) is 24.9 Å². The normalized spacial score (nSPS) is 11.3. The fourth-order valence-corrected chi connectivity index (χ4v) is 4.04. The number of pyridine rings is 1. The van der Waals surface area contributed by atoms with Gasteiger partial charge in [0.1, 0.15) is 16.9 Å². The van der Waals surface area contributed by atoms with Gasteiger partial charge in [-0.3, -0.25) is 0 Å². The molecule has 3 aromatic heterocycles. The molecule has 0 spiro atoms. The van der Waals surface area contributed by atoms with Crippen LogP contribution in [0.4, 0.5) is 0 Å². The van der Waals surface area contributed by atoms with E-state index in [1.54, 1.807) is 24.4 Å². The quantitative estimate of drug-likeness (QED) is 0.362. The van der Waals surface area contributed by atoms with E-state index in [2.05, 4.69) is 50.3 Å². The van der Waals surface area contributed by atoms with E-state index in [1.807, 2.05) is 30.3 Å². The van der Waals surface area contributed by atoms with Gasteiger partial charge in [0, 0.05) is 16.7 Å². The summed E-state index contributed by atoms with van der Waals surface area (Å²) in [6, 6.07) is 20.8. The van der Waals surface area contributed by atoms with Crippen molar-refractivity contribution in [3.05, 3.63) is 78.9 Å². The average Bonchev–Trinajstić information content (AvgIpc) is 3.22. The van der Waals surface area contributed by atoms with Gasteiger partial charge in [0.25, 0.3) is 0 Å². The van der Waals surface area contributed by atoms with Crippen LogP contribution in [0.1, 0.15) is 5.56 Å². The number of fused-ring (bicyclic) bond motifs is 2. The largest absolute Gasteiger partial charge is 0.341 e. The highest BCUT2D eigenvalue weighted by molar-refractivity contribution is 7.98. The summed E-state index contributed by atoms with van der Waals surface area (Å²) in [5.41, 5.74) is 5.87. The third-order valence-corrected chi connectivity index (χ3v) is 5.44. The molecule has 6 heteroatoms. The number of thioether (sulfide) groups is 1. The number of hydrogen-bond donors (Lipinski definition) is 1. The maximum absolute atomic E-state index is 4.94. The van der Waals surface area contributed by atoms with Crippen molar-refractivity contribution in [1.29, 1.82) is 0 Å². The molecule has 0 fully saturated rings. The summed E-state index contributed by atoms with van der Waals surface area (Å²) >= 11 is 1.66. The number of para-hydroxylation sites is 1. The minimum absolute atomic E-state index is 0.687. The average molecular weight is 369 g/mol. The van der Waals surface area contributed by atoms with Gasteiger partial charge >= 0.3 is 0 Å². The molecule has 0 aliphatic rings. The monoisotopic (exact) mass is 369 g/mol. The van der Waals surface area contributed by atoms with Gasteiger partial charge in [0.2, 0.25) is 0 Å². The van der Waals surface area contributed by atoms with Crippen LogP contribution in [0.25, 0.3) is 33.3 Å². The Bertz CT molecular complexity index is 1230. The molecule has 130 valence electrons. The number of aromatic amines is 1. The lowest BCUT2D eigenvalue weighted by Crippen LogP contribution is -1.94. The number of benzene rings is 2. The zero-order chi connectivity index (χ0) is 18.1. The molecular weight excluding hydrogens is 354 g/mol.